The van der Waals surface area contributed by atoms with Crippen LogP contribution in [0.3, 0.4) is 0 Å². The average Bonchev–Trinajstić information content (AvgIpc) is 2.22. The summed E-state index contributed by atoms with van der Waals surface area (Å²) in [6, 6.07) is 4.30. The Morgan fingerprint density at radius 1 is 1.62 bits per heavy atom. The van der Waals surface area contributed by atoms with Crippen molar-refractivity contribution in [3.8, 4) is 5.75 Å². The SMILES string of the molecule is COC(=O)C(N)Cc1ccc(O)c(Br)c1.Cl. The first-order valence-corrected chi connectivity index (χ1v) is 5.14. The molecule has 0 saturated carbocycles. The molecule has 0 aliphatic carbocycles. The van der Waals surface area contributed by atoms with Crippen LogP contribution in [0.1, 0.15) is 5.56 Å². The van der Waals surface area contributed by atoms with Crippen LogP contribution in [-0.2, 0) is 16.0 Å². The molecule has 1 rings (SSSR count). The van der Waals surface area contributed by atoms with Gasteiger partial charge in [-0.3, -0.25) is 4.79 Å². The first-order chi connectivity index (χ1) is 7.04. The second-order valence-electron chi connectivity index (χ2n) is 3.12. The fourth-order valence-electron chi connectivity index (χ4n) is 1.17. The number of hydrogen-bond donors (Lipinski definition) is 2. The molecule has 0 radical (unpaired) electrons. The van der Waals surface area contributed by atoms with Gasteiger partial charge in [0.1, 0.15) is 11.8 Å². The number of phenols is 1. The molecule has 90 valence electrons. The van der Waals surface area contributed by atoms with E-state index in [-0.39, 0.29) is 18.2 Å². The van der Waals surface area contributed by atoms with Gasteiger partial charge >= 0.3 is 5.97 Å². The van der Waals surface area contributed by atoms with Crippen LogP contribution in [0.25, 0.3) is 0 Å². The van der Waals surface area contributed by atoms with Gasteiger partial charge in [0, 0.05) is 0 Å². The summed E-state index contributed by atoms with van der Waals surface area (Å²) in [7, 11) is 1.30. The maximum absolute atomic E-state index is 11.1. The zero-order valence-corrected chi connectivity index (χ0v) is 11.0. The Kier molecular flexibility index (Phi) is 6.40. The van der Waals surface area contributed by atoms with Crippen molar-refractivity contribution in [1.82, 2.24) is 0 Å². The number of carbonyl (C=O) groups excluding carboxylic acids is 1. The summed E-state index contributed by atoms with van der Waals surface area (Å²) in [6.45, 7) is 0. The molecule has 0 fully saturated rings. The molecule has 6 heteroatoms. The lowest BCUT2D eigenvalue weighted by molar-refractivity contribution is -0.142. The van der Waals surface area contributed by atoms with E-state index in [0.29, 0.717) is 10.9 Å². The molecule has 0 aliphatic heterocycles. The summed E-state index contributed by atoms with van der Waals surface area (Å²) in [5.41, 5.74) is 6.45. The molecule has 4 nitrogen and oxygen atoms in total. The fourth-order valence-corrected chi connectivity index (χ4v) is 1.59. The van der Waals surface area contributed by atoms with Crippen molar-refractivity contribution in [2.75, 3.05) is 7.11 Å². The third-order valence-electron chi connectivity index (χ3n) is 1.97. The van der Waals surface area contributed by atoms with Gasteiger partial charge < -0.3 is 15.6 Å². The molecular weight excluding hydrogens is 297 g/mol. The number of nitrogens with two attached hydrogens (primary N) is 1. The highest BCUT2D eigenvalue weighted by atomic mass is 79.9. The highest BCUT2D eigenvalue weighted by molar-refractivity contribution is 9.10. The lowest BCUT2D eigenvalue weighted by atomic mass is 10.1. The number of rotatable bonds is 3. The van der Waals surface area contributed by atoms with Crippen LogP contribution >= 0.6 is 28.3 Å². The molecule has 0 saturated heterocycles. The van der Waals surface area contributed by atoms with Crippen LogP contribution in [0.4, 0.5) is 0 Å². The predicted molar refractivity (Wildman–Crippen MR) is 66.8 cm³/mol. The highest BCUT2D eigenvalue weighted by Crippen LogP contribution is 2.24. The number of phenolic OH excluding ortho intramolecular Hbond substituents is 1. The average molecular weight is 311 g/mol. The van der Waals surface area contributed by atoms with Crippen LogP contribution in [0.5, 0.6) is 5.75 Å². The first-order valence-electron chi connectivity index (χ1n) is 4.35. The number of carbonyl (C=O) groups is 1. The summed E-state index contributed by atoms with van der Waals surface area (Å²) in [5, 5.41) is 9.26. The molecule has 0 aromatic heterocycles. The Labute approximate surface area is 108 Å². The van der Waals surface area contributed by atoms with E-state index >= 15 is 0 Å². The number of ether oxygens (including phenoxy) is 1. The molecule has 0 spiro atoms. The molecular formula is C10H13BrClNO3. The van der Waals surface area contributed by atoms with Gasteiger partial charge in [-0.05, 0) is 40.0 Å². The van der Waals surface area contributed by atoms with Crippen molar-refractivity contribution < 1.29 is 14.6 Å². The van der Waals surface area contributed by atoms with Crippen LogP contribution in [0, 0.1) is 0 Å². The number of aromatic hydroxyl groups is 1. The van der Waals surface area contributed by atoms with E-state index in [4.69, 9.17) is 5.73 Å². The van der Waals surface area contributed by atoms with Gasteiger partial charge in [-0.2, -0.15) is 0 Å². The van der Waals surface area contributed by atoms with Crippen molar-refractivity contribution in [3.63, 3.8) is 0 Å². The minimum Gasteiger partial charge on any atom is -0.507 e. The molecule has 16 heavy (non-hydrogen) atoms. The first kappa shape index (κ1) is 15.2. The van der Waals surface area contributed by atoms with Crippen LogP contribution < -0.4 is 5.73 Å². The van der Waals surface area contributed by atoms with Crippen LogP contribution in [0.15, 0.2) is 22.7 Å². The third kappa shape index (κ3) is 4.00. The molecule has 0 heterocycles. The van der Waals surface area contributed by atoms with Crippen LogP contribution in [-0.4, -0.2) is 24.2 Å². The monoisotopic (exact) mass is 309 g/mol. The van der Waals surface area contributed by atoms with Gasteiger partial charge in [0.2, 0.25) is 0 Å². The Hall–Kier alpha value is -0.780. The van der Waals surface area contributed by atoms with Gasteiger partial charge in [0.25, 0.3) is 0 Å². The number of esters is 1. The molecule has 1 unspecified atom stereocenters. The number of methoxy groups -OCH3 is 1. The zero-order chi connectivity index (χ0) is 11.4. The van der Waals surface area contributed by atoms with Gasteiger partial charge in [-0.15, -0.1) is 12.4 Å². The molecule has 1 aromatic rings. The fraction of sp³-hybridized carbons (Fsp3) is 0.300. The molecule has 3 N–H and O–H groups in total. The topological polar surface area (TPSA) is 72.5 Å². The second-order valence-corrected chi connectivity index (χ2v) is 3.97. The van der Waals surface area contributed by atoms with E-state index in [9.17, 15) is 9.90 Å². The Bertz CT molecular complexity index is 373. The number of halogens is 2. The Balaban J connectivity index is 0.00000225. The van der Waals surface area contributed by atoms with Crippen molar-refractivity contribution >= 4 is 34.3 Å². The van der Waals surface area contributed by atoms with E-state index in [1.54, 1.807) is 18.2 Å². The largest absolute Gasteiger partial charge is 0.507 e. The molecule has 1 aromatic carbocycles. The van der Waals surface area contributed by atoms with Crippen molar-refractivity contribution in [1.29, 1.82) is 0 Å². The number of benzene rings is 1. The predicted octanol–water partition coefficient (Wildman–Crippen LogP) is 1.62. The highest BCUT2D eigenvalue weighted by Gasteiger charge is 2.14. The minimum absolute atomic E-state index is 0. The Morgan fingerprint density at radius 2 is 2.25 bits per heavy atom. The smallest absolute Gasteiger partial charge is 0.322 e. The van der Waals surface area contributed by atoms with Crippen molar-refractivity contribution in [2.24, 2.45) is 5.73 Å². The summed E-state index contributed by atoms with van der Waals surface area (Å²) in [4.78, 5) is 11.1. The van der Waals surface area contributed by atoms with Crippen molar-refractivity contribution in [3.05, 3.63) is 28.2 Å². The molecule has 0 amide bonds. The van der Waals surface area contributed by atoms with Gasteiger partial charge in [0.05, 0.1) is 11.6 Å². The molecule has 1 atom stereocenters. The lowest BCUT2D eigenvalue weighted by Crippen LogP contribution is -2.33. The third-order valence-corrected chi connectivity index (χ3v) is 2.61. The maximum atomic E-state index is 11.1. The lowest BCUT2D eigenvalue weighted by Gasteiger charge is -2.09. The van der Waals surface area contributed by atoms with Gasteiger partial charge in [-0.1, -0.05) is 6.07 Å². The standard InChI is InChI=1S/C10H12BrNO3.ClH/c1-15-10(14)8(12)5-6-2-3-9(13)7(11)4-6;/h2-4,8,13H,5,12H2,1H3;1H. The van der Waals surface area contributed by atoms with E-state index in [0.717, 1.165) is 5.56 Å². The van der Waals surface area contributed by atoms with E-state index < -0.39 is 12.0 Å². The normalized spacial score (nSPS) is 11.4. The van der Waals surface area contributed by atoms with E-state index in [1.165, 1.54) is 7.11 Å². The number of hydrogen-bond acceptors (Lipinski definition) is 4. The summed E-state index contributed by atoms with van der Waals surface area (Å²) < 4.78 is 5.09. The quantitative estimate of drug-likeness (QED) is 0.832. The second kappa shape index (κ2) is 6.73. The van der Waals surface area contributed by atoms with E-state index in [1.807, 2.05) is 0 Å². The van der Waals surface area contributed by atoms with Gasteiger partial charge in [-0.25, -0.2) is 0 Å². The van der Waals surface area contributed by atoms with Crippen LogP contribution in [0.2, 0.25) is 0 Å². The Morgan fingerprint density at radius 3 is 2.75 bits per heavy atom. The summed E-state index contributed by atoms with van der Waals surface area (Å²) >= 11 is 3.18. The van der Waals surface area contributed by atoms with Crippen molar-refractivity contribution in [2.45, 2.75) is 12.5 Å². The summed E-state index contributed by atoms with van der Waals surface area (Å²) in [6.07, 6.45) is 0.381. The zero-order valence-electron chi connectivity index (χ0n) is 8.64. The summed E-state index contributed by atoms with van der Waals surface area (Å²) in [5.74, 6) is -0.287. The molecule has 0 aliphatic rings. The molecule has 0 bridgehead atoms. The maximum Gasteiger partial charge on any atom is 0.322 e. The minimum atomic E-state index is -0.675. The van der Waals surface area contributed by atoms with E-state index in [2.05, 4.69) is 20.7 Å². The van der Waals surface area contributed by atoms with Gasteiger partial charge in [0.15, 0.2) is 0 Å².